The maximum atomic E-state index is 11.9. The highest BCUT2D eigenvalue weighted by Crippen LogP contribution is 2.62. The zero-order chi connectivity index (χ0) is 16.6. The normalized spacial score (nSPS) is 36.5. The number of hydrogen-bond donors (Lipinski definition) is 2. The number of carbonyl (C=O) groups is 1. The fourth-order valence-electron chi connectivity index (χ4n) is 5.90. The second kappa shape index (κ2) is 6.07. The minimum absolute atomic E-state index is 0.242. The summed E-state index contributed by atoms with van der Waals surface area (Å²) >= 11 is 0. The van der Waals surface area contributed by atoms with Crippen LogP contribution >= 0.6 is 0 Å². The van der Waals surface area contributed by atoms with Crippen molar-refractivity contribution in [2.75, 3.05) is 6.54 Å². The van der Waals surface area contributed by atoms with E-state index >= 15 is 0 Å². The molecule has 4 aliphatic carbocycles. The van der Waals surface area contributed by atoms with Crippen molar-refractivity contribution in [3.05, 3.63) is 35.9 Å². The van der Waals surface area contributed by atoms with E-state index in [-0.39, 0.29) is 11.5 Å². The Labute approximate surface area is 143 Å². The Kier molecular flexibility index (Phi) is 4.03. The Hall–Kier alpha value is -1.55. The maximum absolute atomic E-state index is 11.9. The molecule has 4 bridgehead atoms. The standard InChI is InChI=1S/C20H27NO3/c22-18(24-13-15-4-2-1-3-5-15)21-7-6-19-9-16-8-17(10-19)12-20(23,11-16)14-19/h1-5,16-17,23H,6-14H2,(H,21,22). The van der Waals surface area contributed by atoms with Gasteiger partial charge in [0.15, 0.2) is 0 Å². The molecule has 0 aromatic heterocycles. The average molecular weight is 329 g/mol. The maximum Gasteiger partial charge on any atom is 0.407 e. The van der Waals surface area contributed by atoms with Crippen LogP contribution in [0.5, 0.6) is 0 Å². The molecule has 0 heterocycles. The molecule has 24 heavy (non-hydrogen) atoms. The van der Waals surface area contributed by atoms with Crippen LogP contribution in [0.2, 0.25) is 0 Å². The monoisotopic (exact) mass is 329 g/mol. The van der Waals surface area contributed by atoms with Crippen molar-refractivity contribution in [3.8, 4) is 0 Å². The van der Waals surface area contributed by atoms with E-state index in [0.29, 0.717) is 25.0 Å². The Balaban J connectivity index is 1.25. The largest absolute Gasteiger partial charge is 0.445 e. The summed E-state index contributed by atoms with van der Waals surface area (Å²) in [6, 6.07) is 9.72. The SMILES string of the molecule is O=C(NCCC12CC3CC(CC(O)(C3)C1)C2)OCc1ccccc1. The molecule has 1 aromatic carbocycles. The van der Waals surface area contributed by atoms with E-state index in [1.54, 1.807) is 0 Å². The van der Waals surface area contributed by atoms with Gasteiger partial charge < -0.3 is 15.2 Å². The molecule has 5 rings (SSSR count). The average Bonchev–Trinajstić information content (AvgIpc) is 2.51. The first-order valence-electron chi connectivity index (χ1n) is 9.21. The second-order valence-corrected chi connectivity index (χ2v) is 8.42. The Morgan fingerprint density at radius 3 is 2.54 bits per heavy atom. The number of hydrogen-bond acceptors (Lipinski definition) is 3. The highest BCUT2D eigenvalue weighted by Gasteiger charge is 2.56. The topological polar surface area (TPSA) is 58.6 Å². The molecule has 0 radical (unpaired) electrons. The van der Waals surface area contributed by atoms with E-state index in [4.69, 9.17) is 4.74 Å². The summed E-state index contributed by atoms with van der Waals surface area (Å²) in [5, 5.41) is 13.7. The van der Waals surface area contributed by atoms with E-state index < -0.39 is 5.60 Å². The van der Waals surface area contributed by atoms with Gasteiger partial charge in [-0.05, 0) is 67.8 Å². The molecule has 4 saturated carbocycles. The highest BCUT2D eigenvalue weighted by molar-refractivity contribution is 5.67. The van der Waals surface area contributed by atoms with Crippen LogP contribution in [0.4, 0.5) is 4.79 Å². The molecule has 4 fully saturated rings. The van der Waals surface area contributed by atoms with Gasteiger partial charge in [0, 0.05) is 6.54 Å². The third-order valence-corrected chi connectivity index (χ3v) is 6.29. The van der Waals surface area contributed by atoms with E-state index in [0.717, 1.165) is 31.2 Å². The molecular formula is C20H27NO3. The molecule has 2 unspecified atom stereocenters. The van der Waals surface area contributed by atoms with Gasteiger partial charge >= 0.3 is 6.09 Å². The minimum Gasteiger partial charge on any atom is -0.445 e. The smallest absolute Gasteiger partial charge is 0.407 e. The first kappa shape index (κ1) is 15.9. The van der Waals surface area contributed by atoms with Gasteiger partial charge in [-0.25, -0.2) is 4.79 Å². The molecule has 1 amide bonds. The molecular weight excluding hydrogens is 302 g/mol. The van der Waals surface area contributed by atoms with Crippen LogP contribution in [-0.2, 0) is 11.3 Å². The second-order valence-electron chi connectivity index (χ2n) is 8.42. The molecule has 0 saturated heterocycles. The molecule has 130 valence electrons. The molecule has 1 aromatic rings. The van der Waals surface area contributed by atoms with Crippen LogP contribution in [0.15, 0.2) is 30.3 Å². The summed E-state index contributed by atoms with van der Waals surface area (Å²) in [6.07, 6.45) is 7.30. The lowest BCUT2D eigenvalue weighted by atomic mass is 9.47. The number of nitrogens with one attached hydrogen (secondary N) is 1. The lowest BCUT2D eigenvalue weighted by molar-refractivity contribution is -0.165. The summed E-state index contributed by atoms with van der Waals surface area (Å²) in [7, 11) is 0. The van der Waals surface area contributed by atoms with Crippen LogP contribution < -0.4 is 5.32 Å². The van der Waals surface area contributed by atoms with Crippen molar-refractivity contribution >= 4 is 6.09 Å². The first-order valence-corrected chi connectivity index (χ1v) is 9.21. The summed E-state index contributed by atoms with van der Waals surface area (Å²) < 4.78 is 5.27. The number of ether oxygens (including phenoxy) is 1. The zero-order valence-corrected chi connectivity index (χ0v) is 14.2. The van der Waals surface area contributed by atoms with E-state index in [1.807, 2.05) is 30.3 Å². The van der Waals surface area contributed by atoms with E-state index in [2.05, 4.69) is 5.32 Å². The number of benzene rings is 1. The van der Waals surface area contributed by atoms with Gasteiger partial charge in [-0.1, -0.05) is 30.3 Å². The lowest BCUT2D eigenvalue weighted by Gasteiger charge is -2.60. The fourth-order valence-corrected chi connectivity index (χ4v) is 5.90. The number of carbonyl (C=O) groups excluding carboxylic acids is 1. The van der Waals surface area contributed by atoms with Gasteiger partial charge in [0.1, 0.15) is 6.61 Å². The third-order valence-electron chi connectivity index (χ3n) is 6.29. The van der Waals surface area contributed by atoms with Crippen molar-refractivity contribution in [2.24, 2.45) is 17.3 Å². The minimum atomic E-state index is -0.419. The van der Waals surface area contributed by atoms with Gasteiger partial charge in [0.2, 0.25) is 0 Å². The Morgan fingerprint density at radius 2 is 1.88 bits per heavy atom. The van der Waals surface area contributed by atoms with Crippen LogP contribution in [0.3, 0.4) is 0 Å². The van der Waals surface area contributed by atoms with Crippen molar-refractivity contribution in [1.29, 1.82) is 0 Å². The molecule has 4 heteroatoms. The summed E-state index contributed by atoms with van der Waals surface area (Å²) in [6.45, 7) is 0.949. The summed E-state index contributed by atoms with van der Waals surface area (Å²) in [4.78, 5) is 11.9. The predicted molar refractivity (Wildman–Crippen MR) is 91.3 cm³/mol. The summed E-state index contributed by atoms with van der Waals surface area (Å²) in [5.41, 5.74) is 0.819. The zero-order valence-electron chi connectivity index (χ0n) is 14.2. The number of amides is 1. The molecule has 0 spiro atoms. The number of alkyl carbamates (subject to hydrolysis) is 1. The molecule has 4 nitrogen and oxygen atoms in total. The van der Waals surface area contributed by atoms with Crippen LogP contribution in [0, 0.1) is 17.3 Å². The van der Waals surface area contributed by atoms with Gasteiger partial charge in [-0.15, -0.1) is 0 Å². The molecule has 2 atom stereocenters. The molecule has 0 aliphatic heterocycles. The van der Waals surface area contributed by atoms with Crippen molar-refractivity contribution in [3.63, 3.8) is 0 Å². The quantitative estimate of drug-likeness (QED) is 0.867. The molecule has 2 N–H and O–H groups in total. The van der Waals surface area contributed by atoms with E-state index in [9.17, 15) is 9.90 Å². The molecule has 4 aliphatic rings. The Morgan fingerprint density at radius 1 is 1.17 bits per heavy atom. The van der Waals surface area contributed by atoms with Crippen LogP contribution in [0.25, 0.3) is 0 Å². The third kappa shape index (κ3) is 3.30. The van der Waals surface area contributed by atoms with Gasteiger partial charge in [0.25, 0.3) is 0 Å². The van der Waals surface area contributed by atoms with Crippen LogP contribution in [0.1, 0.15) is 50.5 Å². The van der Waals surface area contributed by atoms with Gasteiger partial charge in [-0.2, -0.15) is 0 Å². The number of rotatable bonds is 5. The van der Waals surface area contributed by atoms with Crippen LogP contribution in [-0.4, -0.2) is 23.3 Å². The number of aliphatic hydroxyl groups is 1. The lowest BCUT2D eigenvalue weighted by Crippen LogP contribution is -2.56. The van der Waals surface area contributed by atoms with Crippen molar-refractivity contribution < 1.29 is 14.6 Å². The predicted octanol–water partition coefficient (Wildman–Crippen LogP) is 3.63. The first-order chi connectivity index (χ1) is 11.5. The summed E-state index contributed by atoms with van der Waals surface area (Å²) in [5.74, 6) is 1.39. The van der Waals surface area contributed by atoms with Gasteiger partial charge in [0.05, 0.1) is 5.60 Å². The van der Waals surface area contributed by atoms with Crippen molar-refractivity contribution in [1.82, 2.24) is 5.32 Å². The highest BCUT2D eigenvalue weighted by atomic mass is 16.5. The van der Waals surface area contributed by atoms with Crippen molar-refractivity contribution in [2.45, 2.75) is 57.2 Å². The van der Waals surface area contributed by atoms with Gasteiger partial charge in [-0.3, -0.25) is 0 Å². The van der Waals surface area contributed by atoms with E-state index in [1.165, 1.54) is 19.3 Å². The Bertz CT molecular complexity index is 586. The fraction of sp³-hybridized carbons (Fsp3) is 0.650.